The molecule has 0 aliphatic heterocycles. The van der Waals surface area contributed by atoms with E-state index in [-0.39, 0.29) is 12.4 Å². The van der Waals surface area contributed by atoms with Gasteiger partial charge in [0.1, 0.15) is 0 Å². The lowest BCUT2D eigenvalue weighted by Gasteiger charge is -2.24. The zero-order valence-electron chi connectivity index (χ0n) is 11.4. The Balaban J connectivity index is 0.00000256. The molecule has 2 nitrogen and oxygen atoms in total. The van der Waals surface area contributed by atoms with E-state index in [9.17, 15) is 0 Å². The fourth-order valence-electron chi connectivity index (χ4n) is 2.05. The molecule has 0 aromatic heterocycles. The minimum absolute atomic E-state index is 0. The number of halogens is 1. The van der Waals surface area contributed by atoms with Crippen molar-refractivity contribution in [2.45, 2.75) is 27.7 Å². The van der Waals surface area contributed by atoms with Gasteiger partial charge in [0.15, 0.2) is 0 Å². The Morgan fingerprint density at radius 1 is 0.647 bits per heavy atom. The van der Waals surface area contributed by atoms with Crippen LogP contribution in [0.15, 0.2) is 24.3 Å². The van der Waals surface area contributed by atoms with Gasteiger partial charge < -0.3 is 9.80 Å². The Morgan fingerprint density at radius 3 is 1.06 bits per heavy atom. The third kappa shape index (κ3) is 4.12. The van der Waals surface area contributed by atoms with Crippen LogP contribution in [0.3, 0.4) is 0 Å². The van der Waals surface area contributed by atoms with Crippen molar-refractivity contribution >= 4 is 23.8 Å². The van der Waals surface area contributed by atoms with Gasteiger partial charge in [0.25, 0.3) is 0 Å². The first kappa shape index (κ1) is 16.1. The van der Waals surface area contributed by atoms with E-state index in [4.69, 9.17) is 0 Å². The van der Waals surface area contributed by atoms with E-state index in [1.165, 1.54) is 11.4 Å². The van der Waals surface area contributed by atoms with Crippen LogP contribution in [0.1, 0.15) is 27.7 Å². The molecule has 0 heterocycles. The lowest BCUT2D eigenvalue weighted by Crippen LogP contribution is -2.23. The summed E-state index contributed by atoms with van der Waals surface area (Å²) in [6, 6.07) is 8.89. The van der Waals surface area contributed by atoms with E-state index in [0.29, 0.717) is 0 Å². The molecule has 0 N–H and O–H groups in total. The van der Waals surface area contributed by atoms with Crippen LogP contribution in [0.25, 0.3) is 0 Å². The number of nitrogens with zero attached hydrogens (tertiary/aromatic N) is 2. The number of anilines is 2. The molecule has 1 aromatic rings. The van der Waals surface area contributed by atoms with Gasteiger partial charge in [0.2, 0.25) is 0 Å². The van der Waals surface area contributed by atoms with Gasteiger partial charge >= 0.3 is 0 Å². The van der Waals surface area contributed by atoms with Crippen LogP contribution in [-0.2, 0) is 0 Å². The van der Waals surface area contributed by atoms with E-state index >= 15 is 0 Å². The maximum atomic E-state index is 2.37. The van der Waals surface area contributed by atoms with E-state index < -0.39 is 0 Å². The third-order valence-corrected chi connectivity index (χ3v) is 3.11. The Bertz CT molecular complexity index is 259. The standard InChI is InChI=1S/C14H24N2.ClH/c1-5-15(6-2)13-9-11-14(12-10-13)16(7-3)8-4;/h9-12H,5-8H2,1-4H3;1H. The van der Waals surface area contributed by atoms with Crippen molar-refractivity contribution in [2.75, 3.05) is 36.0 Å². The number of hydrogen-bond donors (Lipinski definition) is 0. The van der Waals surface area contributed by atoms with E-state index in [0.717, 1.165) is 26.2 Å². The van der Waals surface area contributed by atoms with Crippen molar-refractivity contribution in [3.8, 4) is 0 Å². The molecule has 17 heavy (non-hydrogen) atoms. The summed E-state index contributed by atoms with van der Waals surface area (Å²) in [5.41, 5.74) is 2.64. The van der Waals surface area contributed by atoms with Gasteiger partial charge in [-0.1, -0.05) is 0 Å². The predicted octanol–water partition coefficient (Wildman–Crippen LogP) is 3.80. The van der Waals surface area contributed by atoms with Gasteiger partial charge in [-0.3, -0.25) is 0 Å². The largest absolute Gasteiger partial charge is 0.372 e. The lowest BCUT2D eigenvalue weighted by molar-refractivity contribution is 0.856. The molecule has 0 aliphatic carbocycles. The zero-order valence-corrected chi connectivity index (χ0v) is 12.3. The number of benzene rings is 1. The summed E-state index contributed by atoms with van der Waals surface area (Å²) < 4.78 is 0. The topological polar surface area (TPSA) is 6.48 Å². The molecule has 0 atom stereocenters. The Kier molecular flexibility index (Phi) is 7.81. The van der Waals surface area contributed by atoms with Gasteiger partial charge in [-0.15, -0.1) is 12.4 Å². The van der Waals surface area contributed by atoms with Gasteiger partial charge in [-0.25, -0.2) is 0 Å². The van der Waals surface area contributed by atoms with E-state index in [1.54, 1.807) is 0 Å². The number of hydrogen-bond acceptors (Lipinski definition) is 2. The molecule has 98 valence electrons. The smallest absolute Gasteiger partial charge is 0.0367 e. The molecule has 0 bridgehead atoms. The van der Waals surface area contributed by atoms with E-state index in [2.05, 4.69) is 61.8 Å². The SMILES string of the molecule is CCN(CC)c1ccc(N(CC)CC)cc1.Cl. The first-order chi connectivity index (χ1) is 7.76. The molecule has 3 heteroatoms. The molecular weight excluding hydrogens is 232 g/mol. The van der Waals surface area contributed by atoms with Crippen LogP contribution in [0.2, 0.25) is 0 Å². The summed E-state index contributed by atoms with van der Waals surface area (Å²) in [5, 5.41) is 0. The highest BCUT2D eigenvalue weighted by molar-refractivity contribution is 5.85. The summed E-state index contributed by atoms with van der Waals surface area (Å²) in [4.78, 5) is 4.73. The molecule has 0 radical (unpaired) electrons. The van der Waals surface area contributed by atoms with Crippen molar-refractivity contribution in [3.63, 3.8) is 0 Å². The van der Waals surface area contributed by atoms with Crippen molar-refractivity contribution in [2.24, 2.45) is 0 Å². The Morgan fingerprint density at radius 2 is 0.882 bits per heavy atom. The highest BCUT2D eigenvalue weighted by atomic mass is 35.5. The number of rotatable bonds is 6. The molecule has 1 rings (SSSR count). The highest BCUT2D eigenvalue weighted by Crippen LogP contribution is 2.20. The van der Waals surface area contributed by atoms with Crippen LogP contribution in [0, 0.1) is 0 Å². The summed E-state index contributed by atoms with van der Waals surface area (Å²) in [6.45, 7) is 13.1. The van der Waals surface area contributed by atoms with Gasteiger partial charge in [-0.2, -0.15) is 0 Å². The third-order valence-electron chi connectivity index (χ3n) is 3.11. The fourth-order valence-corrected chi connectivity index (χ4v) is 2.05. The van der Waals surface area contributed by atoms with Crippen LogP contribution in [-0.4, -0.2) is 26.2 Å². The van der Waals surface area contributed by atoms with Gasteiger partial charge in [0.05, 0.1) is 0 Å². The highest BCUT2D eigenvalue weighted by Gasteiger charge is 2.04. The first-order valence-corrected chi connectivity index (χ1v) is 6.36. The molecule has 1 aromatic carbocycles. The maximum Gasteiger partial charge on any atom is 0.0367 e. The van der Waals surface area contributed by atoms with Crippen molar-refractivity contribution < 1.29 is 0 Å². The van der Waals surface area contributed by atoms with Crippen molar-refractivity contribution in [1.82, 2.24) is 0 Å². The van der Waals surface area contributed by atoms with Crippen LogP contribution in [0.5, 0.6) is 0 Å². The molecule has 0 fully saturated rings. The minimum atomic E-state index is 0. The Hall–Kier alpha value is -0.890. The summed E-state index contributed by atoms with van der Waals surface area (Å²) >= 11 is 0. The Labute approximate surface area is 112 Å². The second kappa shape index (κ2) is 8.24. The molecule has 0 aliphatic rings. The zero-order chi connectivity index (χ0) is 12.0. The average Bonchev–Trinajstić information content (AvgIpc) is 2.34. The summed E-state index contributed by atoms with van der Waals surface area (Å²) in [6.07, 6.45) is 0. The second-order valence-electron chi connectivity index (χ2n) is 3.86. The monoisotopic (exact) mass is 256 g/mol. The lowest BCUT2D eigenvalue weighted by atomic mass is 10.2. The molecular formula is C14H25ClN2. The molecule has 0 spiro atoms. The molecule has 0 unspecified atom stereocenters. The molecule has 0 saturated carbocycles. The predicted molar refractivity (Wildman–Crippen MR) is 80.8 cm³/mol. The van der Waals surface area contributed by atoms with E-state index in [1.807, 2.05) is 0 Å². The second-order valence-corrected chi connectivity index (χ2v) is 3.86. The summed E-state index contributed by atoms with van der Waals surface area (Å²) in [5.74, 6) is 0. The maximum absolute atomic E-state index is 2.37. The van der Waals surface area contributed by atoms with Gasteiger partial charge in [-0.05, 0) is 52.0 Å². The minimum Gasteiger partial charge on any atom is -0.372 e. The van der Waals surface area contributed by atoms with Crippen molar-refractivity contribution in [1.29, 1.82) is 0 Å². The average molecular weight is 257 g/mol. The molecule has 0 saturated heterocycles. The van der Waals surface area contributed by atoms with Crippen LogP contribution >= 0.6 is 12.4 Å². The van der Waals surface area contributed by atoms with Crippen molar-refractivity contribution in [3.05, 3.63) is 24.3 Å². The fraction of sp³-hybridized carbons (Fsp3) is 0.571. The first-order valence-electron chi connectivity index (χ1n) is 6.36. The normalized spacial score (nSPS) is 9.65. The van der Waals surface area contributed by atoms with Crippen LogP contribution < -0.4 is 9.80 Å². The van der Waals surface area contributed by atoms with Gasteiger partial charge in [0, 0.05) is 37.6 Å². The summed E-state index contributed by atoms with van der Waals surface area (Å²) in [7, 11) is 0. The quantitative estimate of drug-likeness (QED) is 0.764. The van der Waals surface area contributed by atoms with Crippen LogP contribution in [0.4, 0.5) is 11.4 Å². The molecule has 0 amide bonds.